The Balaban J connectivity index is 2.13. The molecule has 2 N–H and O–H groups in total. The maximum Gasteiger partial charge on any atom is 0.254 e. The fraction of sp³-hybridized carbons (Fsp3) is 0.429. The second-order valence-electron chi connectivity index (χ2n) is 4.57. The van der Waals surface area contributed by atoms with Gasteiger partial charge < -0.3 is 10.4 Å². The zero-order valence-electron chi connectivity index (χ0n) is 10.5. The number of aliphatic hydroxyl groups excluding tert-OH is 1. The molecule has 1 aliphatic rings. The molecule has 96 valence electrons. The normalized spacial score (nSPS) is 17.9. The van der Waals surface area contributed by atoms with Gasteiger partial charge in [0.15, 0.2) is 0 Å². The predicted octanol–water partition coefficient (Wildman–Crippen LogP) is -0.476. The first-order chi connectivity index (χ1) is 8.70. The standard InChI is InChI=1S/C14H18N2O2/c1-10-3-4-13-11(7-10)8-12(14(18)16-13)9-15-5-2-6-17/h3-4,7-8,12,15,17H,2,5-6,9H2,1H3. The first kappa shape index (κ1) is 12.9. The van der Waals surface area contributed by atoms with Crippen LogP contribution in [0.4, 0.5) is 0 Å². The number of fused-ring (bicyclic) bond motifs is 1. The number of nitrogens with zero attached hydrogens (tertiary/aromatic N) is 1. The van der Waals surface area contributed by atoms with Crippen LogP contribution in [0.2, 0.25) is 0 Å². The Morgan fingerprint density at radius 1 is 1.44 bits per heavy atom. The lowest BCUT2D eigenvalue weighted by Crippen LogP contribution is -2.37. The Morgan fingerprint density at radius 2 is 2.28 bits per heavy atom. The summed E-state index contributed by atoms with van der Waals surface area (Å²) in [5.41, 5.74) is 1.17. The third-order valence-electron chi connectivity index (χ3n) is 2.99. The third-order valence-corrected chi connectivity index (χ3v) is 2.99. The van der Waals surface area contributed by atoms with E-state index in [1.807, 2.05) is 31.2 Å². The number of nitrogens with one attached hydrogen (secondary N) is 1. The summed E-state index contributed by atoms with van der Waals surface area (Å²) in [7, 11) is 0. The van der Waals surface area contributed by atoms with Crippen molar-refractivity contribution in [2.45, 2.75) is 13.3 Å². The molecule has 0 bridgehead atoms. The molecule has 4 heteroatoms. The molecule has 1 heterocycles. The molecule has 1 amide bonds. The zero-order chi connectivity index (χ0) is 13.0. The van der Waals surface area contributed by atoms with Gasteiger partial charge in [0.25, 0.3) is 5.91 Å². The van der Waals surface area contributed by atoms with E-state index >= 15 is 0 Å². The smallest absolute Gasteiger partial charge is 0.254 e. The minimum Gasteiger partial charge on any atom is -0.396 e. The summed E-state index contributed by atoms with van der Waals surface area (Å²) in [6, 6.07) is 5.89. The number of aliphatic hydroxyl groups is 1. The Kier molecular flexibility index (Phi) is 4.23. The number of aryl methyl sites for hydroxylation is 1. The van der Waals surface area contributed by atoms with Crippen molar-refractivity contribution in [3.63, 3.8) is 0 Å². The van der Waals surface area contributed by atoms with E-state index in [0.717, 1.165) is 17.1 Å². The Labute approximate surface area is 106 Å². The second-order valence-corrected chi connectivity index (χ2v) is 4.57. The quantitative estimate of drug-likeness (QED) is 0.690. The van der Waals surface area contributed by atoms with Crippen LogP contribution in [0.1, 0.15) is 12.0 Å². The molecule has 1 aromatic rings. The molecule has 18 heavy (non-hydrogen) atoms. The molecule has 2 rings (SSSR count). The average molecular weight is 246 g/mol. The maximum atomic E-state index is 11.8. The number of amides is 1. The summed E-state index contributed by atoms with van der Waals surface area (Å²) < 4.78 is 0. The monoisotopic (exact) mass is 246 g/mol. The van der Waals surface area contributed by atoms with Crippen LogP contribution in [0.25, 0.3) is 6.08 Å². The van der Waals surface area contributed by atoms with E-state index in [2.05, 4.69) is 10.3 Å². The van der Waals surface area contributed by atoms with Crippen LogP contribution in [0.5, 0.6) is 0 Å². The van der Waals surface area contributed by atoms with Crippen LogP contribution in [0, 0.1) is 12.8 Å². The van der Waals surface area contributed by atoms with Crippen molar-refractivity contribution in [2.75, 3.05) is 19.7 Å². The molecule has 0 fully saturated rings. The molecule has 0 aliphatic carbocycles. The molecule has 0 saturated carbocycles. The highest BCUT2D eigenvalue weighted by molar-refractivity contribution is 5.86. The summed E-state index contributed by atoms with van der Waals surface area (Å²) >= 11 is 0. The van der Waals surface area contributed by atoms with Crippen LogP contribution >= 0.6 is 0 Å². The number of carbonyl (C=O) groups is 1. The topological polar surface area (TPSA) is 61.7 Å². The maximum absolute atomic E-state index is 11.8. The van der Waals surface area contributed by atoms with Crippen LogP contribution < -0.4 is 15.9 Å². The van der Waals surface area contributed by atoms with Gasteiger partial charge in [0.2, 0.25) is 0 Å². The van der Waals surface area contributed by atoms with Gasteiger partial charge in [0.1, 0.15) is 0 Å². The zero-order valence-corrected chi connectivity index (χ0v) is 10.5. The molecule has 1 aromatic carbocycles. The lowest BCUT2D eigenvalue weighted by Gasteiger charge is -2.13. The van der Waals surface area contributed by atoms with E-state index < -0.39 is 0 Å². The molecule has 0 aromatic heterocycles. The van der Waals surface area contributed by atoms with Crippen molar-refractivity contribution in [3.05, 3.63) is 34.3 Å². The largest absolute Gasteiger partial charge is 0.396 e. The second kappa shape index (κ2) is 5.89. The molecular formula is C14H18N2O2. The van der Waals surface area contributed by atoms with Crippen LogP contribution in [0.15, 0.2) is 23.2 Å². The summed E-state index contributed by atoms with van der Waals surface area (Å²) in [6.07, 6.45) is 2.68. The van der Waals surface area contributed by atoms with Gasteiger partial charge in [0, 0.05) is 13.2 Å². The van der Waals surface area contributed by atoms with Crippen molar-refractivity contribution >= 4 is 12.0 Å². The van der Waals surface area contributed by atoms with Gasteiger partial charge in [-0.05, 0) is 31.2 Å². The van der Waals surface area contributed by atoms with Crippen molar-refractivity contribution < 1.29 is 9.90 Å². The lowest BCUT2D eigenvalue weighted by molar-refractivity contribution is -0.120. The highest BCUT2D eigenvalue weighted by atomic mass is 16.3. The SMILES string of the molecule is Cc1ccc2c(c1)=CC(CNCCCO)C(=O)N=2. The molecule has 1 atom stereocenters. The highest BCUT2D eigenvalue weighted by Crippen LogP contribution is 2.03. The number of rotatable bonds is 5. The first-order valence-corrected chi connectivity index (χ1v) is 6.23. The van der Waals surface area contributed by atoms with Gasteiger partial charge in [-0.25, -0.2) is 4.99 Å². The van der Waals surface area contributed by atoms with Crippen LogP contribution in [0.3, 0.4) is 0 Å². The highest BCUT2D eigenvalue weighted by Gasteiger charge is 2.17. The summed E-state index contributed by atoms with van der Waals surface area (Å²) in [4.78, 5) is 15.9. The minimum absolute atomic E-state index is 0.0946. The van der Waals surface area contributed by atoms with Gasteiger partial charge in [-0.15, -0.1) is 0 Å². The van der Waals surface area contributed by atoms with Crippen molar-refractivity contribution in [3.8, 4) is 0 Å². The van der Waals surface area contributed by atoms with Crippen LogP contribution in [-0.2, 0) is 4.79 Å². The number of carbonyl (C=O) groups excluding carboxylic acids is 1. The van der Waals surface area contributed by atoms with E-state index in [1.165, 1.54) is 5.56 Å². The number of hydrogen-bond acceptors (Lipinski definition) is 3. The van der Waals surface area contributed by atoms with E-state index in [-0.39, 0.29) is 18.4 Å². The molecule has 1 aliphatic heterocycles. The Morgan fingerprint density at radius 3 is 3.06 bits per heavy atom. The summed E-state index contributed by atoms with van der Waals surface area (Å²) in [6.45, 7) is 3.49. The fourth-order valence-electron chi connectivity index (χ4n) is 2.01. The molecule has 0 saturated heterocycles. The van der Waals surface area contributed by atoms with Crippen molar-refractivity contribution in [2.24, 2.45) is 10.9 Å². The van der Waals surface area contributed by atoms with E-state index in [1.54, 1.807) is 0 Å². The lowest BCUT2D eigenvalue weighted by atomic mass is 10.0. The molecular weight excluding hydrogens is 228 g/mol. The molecule has 1 unspecified atom stereocenters. The predicted molar refractivity (Wildman–Crippen MR) is 69.5 cm³/mol. The van der Waals surface area contributed by atoms with Crippen LogP contribution in [-0.4, -0.2) is 30.7 Å². The molecule has 0 radical (unpaired) electrons. The van der Waals surface area contributed by atoms with E-state index in [4.69, 9.17) is 5.11 Å². The summed E-state index contributed by atoms with van der Waals surface area (Å²) in [5, 5.41) is 13.6. The van der Waals surface area contributed by atoms with Crippen molar-refractivity contribution in [1.82, 2.24) is 5.32 Å². The van der Waals surface area contributed by atoms with E-state index in [9.17, 15) is 4.79 Å². The van der Waals surface area contributed by atoms with Gasteiger partial charge in [-0.2, -0.15) is 0 Å². The van der Waals surface area contributed by atoms with Crippen molar-refractivity contribution in [1.29, 1.82) is 0 Å². The molecule has 4 nitrogen and oxygen atoms in total. The van der Waals surface area contributed by atoms with Gasteiger partial charge in [-0.3, -0.25) is 4.79 Å². The Bertz CT molecular complexity index is 551. The third kappa shape index (κ3) is 3.03. The number of hydrogen-bond donors (Lipinski definition) is 2. The van der Waals surface area contributed by atoms with Gasteiger partial charge in [0.05, 0.1) is 11.3 Å². The molecule has 0 spiro atoms. The minimum atomic E-state index is -0.196. The summed E-state index contributed by atoms with van der Waals surface area (Å²) in [5.74, 6) is -0.291. The van der Waals surface area contributed by atoms with Gasteiger partial charge >= 0.3 is 0 Å². The number of benzene rings is 1. The Hall–Kier alpha value is -1.52. The van der Waals surface area contributed by atoms with E-state index in [0.29, 0.717) is 13.0 Å². The average Bonchev–Trinajstić information content (AvgIpc) is 2.35. The van der Waals surface area contributed by atoms with Gasteiger partial charge in [-0.1, -0.05) is 23.8 Å². The first-order valence-electron chi connectivity index (χ1n) is 6.23. The fourth-order valence-corrected chi connectivity index (χ4v) is 2.01.